The van der Waals surface area contributed by atoms with Crippen molar-refractivity contribution in [3.8, 4) is 17.2 Å². The maximum Gasteiger partial charge on any atom is 0.262 e. The molecule has 0 aliphatic carbocycles. The van der Waals surface area contributed by atoms with Crippen molar-refractivity contribution in [2.45, 2.75) is 13.3 Å². The number of hydrogen-bond donors (Lipinski definition) is 1. The van der Waals surface area contributed by atoms with E-state index in [9.17, 15) is 4.79 Å². The highest BCUT2D eigenvalue weighted by atomic mass is 79.9. The Morgan fingerprint density at radius 2 is 1.86 bits per heavy atom. The number of amides is 1. The molecule has 0 aliphatic rings. The maximum atomic E-state index is 12.1. The number of benzene rings is 3. The normalized spacial score (nSPS) is 10.8. The van der Waals surface area contributed by atoms with Gasteiger partial charge < -0.3 is 14.5 Å². The van der Waals surface area contributed by atoms with Gasteiger partial charge in [-0.15, -0.1) is 0 Å². The topological polar surface area (TPSA) is 64.4 Å². The Hall–Kier alpha value is -3.12. The molecule has 0 fully saturated rings. The van der Waals surface area contributed by atoms with Crippen LogP contribution >= 0.6 is 15.9 Å². The second-order valence-corrected chi connectivity index (χ2v) is 7.38. The largest absolute Gasteiger partial charge is 0.484 e. The number of nitrogens with one attached hydrogen (secondary N) is 1. The second-order valence-electron chi connectivity index (χ2n) is 6.53. The zero-order valence-electron chi connectivity index (χ0n) is 15.8. The van der Waals surface area contributed by atoms with E-state index >= 15 is 0 Å². The molecule has 4 rings (SSSR count). The molecule has 146 valence electrons. The van der Waals surface area contributed by atoms with Crippen LogP contribution < -0.4 is 10.1 Å². The Kier molecular flexibility index (Phi) is 5.62. The first-order valence-corrected chi connectivity index (χ1v) is 10.1. The SMILES string of the molecule is CCc1cc(Br)c2oc(-c3ccc(NC(=O)COc4ccccc4)cc3)nc2c1. The summed E-state index contributed by atoms with van der Waals surface area (Å²) in [5.41, 5.74) is 4.26. The standard InChI is InChI=1S/C23H19BrN2O3/c1-2-15-12-19(24)22-20(13-15)26-23(29-22)16-8-10-17(11-9-16)25-21(27)14-28-18-6-4-3-5-7-18/h3-13H,2,14H2,1H3,(H,25,27). The van der Waals surface area contributed by atoms with Gasteiger partial charge in [-0.25, -0.2) is 4.98 Å². The van der Waals surface area contributed by atoms with Crippen molar-refractivity contribution >= 4 is 38.6 Å². The highest BCUT2D eigenvalue weighted by Gasteiger charge is 2.12. The molecule has 1 amide bonds. The summed E-state index contributed by atoms with van der Waals surface area (Å²) in [7, 11) is 0. The average molecular weight is 451 g/mol. The van der Waals surface area contributed by atoms with E-state index in [-0.39, 0.29) is 12.5 Å². The Balaban J connectivity index is 1.44. The molecule has 1 aromatic heterocycles. The van der Waals surface area contributed by atoms with Crippen LogP contribution in [-0.2, 0) is 11.2 Å². The molecule has 1 N–H and O–H groups in total. The number of aromatic nitrogens is 1. The maximum absolute atomic E-state index is 12.1. The smallest absolute Gasteiger partial charge is 0.262 e. The first kappa shape index (κ1) is 19.2. The molecule has 0 unspecified atom stereocenters. The van der Waals surface area contributed by atoms with Gasteiger partial charge in [-0.1, -0.05) is 25.1 Å². The Morgan fingerprint density at radius 1 is 1.10 bits per heavy atom. The zero-order chi connectivity index (χ0) is 20.2. The molecule has 1 heterocycles. The van der Waals surface area contributed by atoms with Crippen molar-refractivity contribution in [2.24, 2.45) is 0 Å². The molecule has 0 spiro atoms. The highest BCUT2D eigenvalue weighted by Crippen LogP contribution is 2.31. The van der Waals surface area contributed by atoms with Crippen LogP contribution in [0.3, 0.4) is 0 Å². The minimum atomic E-state index is -0.223. The number of carbonyl (C=O) groups is 1. The number of fused-ring (bicyclic) bond motifs is 1. The van der Waals surface area contributed by atoms with Gasteiger partial charge in [0.05, 0.1) is 4.47 Å². The van der Waals surface area contributed by atoms with Gasteiger partial charge in [0.2, 0.25) is 5.89 Å². The van der Waals surface area contributed by atoms with E-state index in [4.69, 9.17) is 9.15 Å². The molecule has 5 nitrogen and oxygen atoms in total. The summed E-state index contributed by atoms with van der Waals surface area (Å²) in [5.74, 6) is 0.977. The number of aryl methyl sites for hydroxylation is 1. The van der Waals surface area contributed by atoms with E-state index in [1.807, 2.05) is 66.7 Å². The first-order chi connectivity index (χ1) is 14.1. The number of para-hydroxylation sites is 1. The van der Waals surface area contributed by atoms with Crippen molar-refractivity contribution in [2.75, 3.05) is 11.9 Å². The molecule has 0 saturated carbocycles. The van der Waals surface area contributed by atoms with Crippen LogP contribution in [0.15, 0.2) is 75.6 Å². The number of anilines is 1. The van der Waals surface area contributed by atoms with Crippen LogP contribution in [0.2, 0.25) is 0 Å². The zero-order valence-corrected chi connectivity index (χ0v) is 17.4. The minimum Gasteiger partial charge on any atom is -0.484 e. The van der Waals surface area contributed by atoms with Crippen molar-refractivity contribution in [3.63, 3.8) is 0 Å². The fraction of sp³-hybridized carbons (Fsp3) is 0.130. The lowest BCUT2D eigenvalue weighted by Crippen LogP contribution is -2.20. The van der Waals surface area contributed by atoms with Crippen LogP contribution in [0.4, 0.5) is 5.69 Å². The molecule has 6 heteroatoms. The van der Waals surface area contributed by atoms with Crippen LogP contribution in [-0.4, -0.2) is 17.5 Å². The van der Waals surface area contributed by atoms with Crippen LogP contribution in [0.5, 0.6) is 5.75 Å². The average Bonchev–Trinajstić information content (AvgIpc) is 3.18. The van der Waals surface area contributed by atoms with Crippen molar-refractivity contribution in [1.82, 2.24) is 4.98 Å². The van der Waals surface area contributed by atoms with Crippen molar-refractivity contribution in [3.05, 3.63) is 76.8 Å². The number of oxazole rings is 1. The summed E-state index contributed by atoms with van der Waals surface area (Å²) in [4.78, 5) is 16.7. The third-order valence-corrected chi connectivity index (χ3v) is 5.03. The Labute approximate surface area is 176 Å². The number of carbonyl (C=O) groups excluding carboxylic acids is 1. The van der Waals surface area contributed by atoms with Crippen LogP contribution in [0.1, 0.15) is 12.5 Å². The van der Waals surface area contributed by atoms with E-state index in [0.717, 1.165) is 27.6 Å². The summed E-state index contributed by atoms with van der Waals surface area (Å²) in [5, 5.41) is 2.82. The molecule has 4 aromatic rings. The fourth-order valence-corrected chi connectivity index (χ4v) is 3.51. The van der Waals surface area contributed by atoms with E-state index < -0.39 is 0 Å². The molecule has 0 atom stereocenters. The molecule has 0 radical (unpaired) electrons. The minimum absolute atomic E-state index is 0.0509. The van der Waals surface area contributed by atoms with Crippen molar-refractivity contribution < 1.29 is 13.9 Å². The monoisotopic (exact) mass is 450 g/mol. The van der Waals surface area contributed by atoms with E-state index in [0.29, 0.717) is 17.3 Å². The van der Waals surface area contributed by atoms with Gasteiger partial charge in [-0.05, 0) is 76.4 Å². The van der Waals surface area contributed by atoms with Gasteiger partial charge in [0.25, 0.3) is 5.91 Å². The molecule has 29 heavy (non-hydrogen) atoms. The summed E-state index contributed by atoms with van der Waals surface area (Å²) in [6.07, 6.45) is 0.930. The third-order valence-electron chi connectivity index (χ3n) is 4.44. The van der Waals surface area contributed by atoms with Crippen LogP contribution in [0, 0.1) is 0 Å². The van der Waals surface area contributed by atoms with Gasteiger partial charge in [-0.3, -0.25) is 4.79 Å². The number of ether oxygens (including phenoxy) is 1. The quantitative estimate of drug-likeness (QED) is 0.400. The lowest BCUT2D eigenvalue weighted by molar-refractivity contribution is -0.118. The number of halogens is 1. The van der Waals surface area contributed by atoms with Gasteiger partial charge in [0.15, 0.2) is 12.2 Å². The number of hydrogen-bond acceptors (Lipinski definition) is 4. The van der Waals surface area contributed by atoms with E-state index in [2.05, 4.69) is 33.2 Å². The van der Waals surface area contributed by atoms with Gasteiger partial charge >= 0.3 is 0 Å². The first-order valence-electron chi connectivity index (χ1n) is 9.29. The molecule has 0 aliphatic heterocycles. The predicted octanol–water partition coefficient (Wildman–Crippen LogP) is 5.84. The predicted molar refractivity (Wildman–Crippen MR) is 117 cm³/mol. The molecular weight excluding hydrogens is 432 g/mol. The molecule has 0 bridgehead atoms. The molecular formula is C23H19BrN2O3. The third kappa shape index (κ3) is 4.49. The number of rotatable bonds is 6. The van der Waals surface area contributed by atoms with Crippen LogP contribution in [0.25, 0.3) is 22.6 Å². The lowest BCUT2D eigenvalue weighted by atomic mass is 10.1. The summed E-state index contributed by atoms with van der Waals surface area (Å²) >= 11 is 3.55. The summed E-state index contributed by atoms with van der Waals surface area (Å²) in [6, 6.07) is 20.7. The second kappa shape index (κ2) is 8.49. The van der Waals surface area contributed by atoms with Gasteiger partial charge in [-0.2, -0.15) is 0 Å². The summed E-state index contributed by atoms with van der Waals surface area (Å²) in [6.45, 7) is 2.05. The van der Waals surface area contributed by atoms with Gasteiger partial charge in [0, 0.05) is 11.3 Å². The van der Waals surface area contributed by atoms with E-state index in [1.54, 1.807) is 0 Å². The summed E-state index contributed by atoms with van der Waals surface area (Å²) < 4.78 is 12.3. The fourth-order valence-electron chi connectivity index (χ4n) is 2.93. The highest BCUT2D eigenvalue weighted by molar-refractivity contribution is 9.10. The Morgan fingerprint density at radius 3 is 2.59 bits per heavy atom. The lowest BCUT2D eigenvalue weighted by Gasteiger charge is -2.07. The van der Waals surface area contributed by atoms with Crippen molar-refractivity contribution in [1.29, 1.82) is 0 Å². The number of nitrogens with zero attached hydrogens (tertiary/aromatic N) is 1. The molecule has 0 saturated heterocycles. The van der Waals surface area contributed by atoms with E-state index in [1.165, 1.54) is 5.56 Å². The Bertz CT molecular complexity index is 1140. The molecule has 3 aromatic carbocycles. The van der Waals surface area contributed by atoms with Gasteiger partial charge in [0.1, 0.15) is 11.3 Å².